The summed E-state index contributed by atoms with van der Waals surface area (Å²) in [5, 5.41) is 15.1. The number of halogens is 1. The van der Waals surface area contributed by atoms with E-state index in [1.165, 1.54) is 48.4 Å². The zero-order valence-corrected chi connectivity index (χ0v) is 21.5. The molecule has 1 amide bonds. The number of fused-ring (bicyclic) bond motifs is 1. The third-order valence-corrected chi connectivity index (χ3v) is 8.07. The lowest BCUT2D eigenvalue weighted by Gasteiger charge is -2.19. The van der Waals surface area contributed by atoms with Crippen molar-refractivity contribution in [2.24, 2.45) is 5.92 Å². The maximum absolute atomic E-state index is 12.7. The minimum Gasteiger partial charge on any atom is -0.495 e. The fourth-order valence-electron chi connectivity index (χ4n) is 4.02. The molecule has 1 atom stereocenters. The molecule has 1 aliphatic carbocycles. The van der Waals surface area contributed by atoms with Gasteiger partial charge in [0.1, 0.15) is 11.5 Å². The van der Waals surface area contributed by atoms with Gasteiger partial charge in [-0.3, -0.25) is 4.79 Å². The summed E-state index contributed by atoms with van der Waals surface area (Å²) in [7, 11) is 3.05. The minimum absolute atomic E-state index is 0.184. The van der Waals surface area contributed by atoms with E-state index in [1.807, 2.05) is 11.3 Å². The predicted octanol–water partition coefficient (Wildman–Crippen LogP) is 5.55. The topological polar surface area (TPSA) is 78.3 Å². The van der Waals surface area contributed by atoms with Gasteiger partial charge in [-0.2, -0.15) is 0 Å². The van der Waals surface area contributed by atoms with Crippen molar-refractivity contribution in [2.75, 3.05) is 25.3 Å². The van der Waals surface area contributed by atoms with Crippen molar-refractivity contribution in [1.29, 1.82) is 0 Å². The first-order valence-corrected chi connectivity index (χ1v) is 13.1. The van der Waals surface area contributed by atoms with Crippen LogP contribution < -0.4 is 14.8 Å². The highest BCUT2D eigenvalue weighted by Gasteiger charge is 2.24. The fourth-order valence-corrected chi connectivity index (χ4v) is 6.30. The van der Waals surface area contributed by atoms with Crippen molar-refractivity contribution in [3.05, 3.63) is 33.0 Å². The van der Waals surface area contributed by atoms with Gasteiger partial charge in [-0.25, -0.2) is 0 Å². The molecule has 0 radical (unpaired) electrons. The summed E-state index contributed by atoms with van der Waals surface area (Å²) in [6.45, 7) is 5.12. The summed E-state index contributed by atoms with van der Waals surface area (Å²) in [4.78, 5) is 14.1. The highest BCUT2D eigenvalue weighted by atomic mass is 35.5. The highest BCUT2D eigenvalue weighted by Crippen LogP contribution is 2.39. The fraction of sp³-hybridized carbons (Fsp3) is 0.435. The van der Waals surface area contributed by atoms with Gasteiger partial charge in [-0.05, 0) is 37.7 Å². The Labute approximate surface area is 206 Å². The van der Waals surface area contributed by atoms with Crippen LogP contribution in [0.15, 0.2) is 22.7 Å². The predicted molar refractivity (Wildman–Crippen MR) is 134 cm³/mol. The molecule has 4 rings (SSSR count). The number of thiophene rings is 1. The molecule has 2 heterocycles. The molecule has 0 saturated carbocycles. The number of ether oxygens (including phenoxy) is 2. The number of nitrogens with one attached hydrogen (secondary N) is 1. The highest BCUT2D eigenvalue weighted by molar-refractivity contribution is 7.99. The zero-order chi connectivity index (χ0) is 23.5. The van der Waals surface area contributed by atoms with Gasteiger partial charge in [0.05, 0.1) is 30.7 Å². The van der Waals surface area contributed by atoms with Gasteiger partial charge in [-0.1, -0.05) is 30.3 Å². The molecule has 7 nitrogen and oxygen atoms in total. The van der Waals surface area contributed by atoms with Crippen LogP contribution in [0.25, 0.3) is 11.4 Å². The Hall–Kier alpha value is -2.23. The Morgan fingerprint density at radius 2 is 2.09 bits per heavy atom. The van der Waals surface area contributed by atoms with Gasteiger partial charge in [0.25, 0.3) is 0 Å². The van der Waals surface area contributed by atoms with Crippen molar-refractivity contribution in [2.45, 2.75) is 44.8 Å². The molecule has 1 unspecified atom stereocenters. The summed E-state index contributed by atoms with van der Waals surface area (Å²) in [5.74, 6) is 2.55. The van der Waals surface area contributed by atoms with Crippen LogP contribution in [0, 0.1) is 5.92 Å². The van der Waals surface area contributed by atoms with Gasteiger partial charge in [-0.15, -0.1) is 21.5 Å². The maximum atomic E-state index is 12.7. The molecule has 10 heteroatoms. The lowest BCUT2D eigenvalue weighted by atomic mass is 9.88. The first-order chi connectivity index (χ1) is 15.9. The van der Waals surface area contributed by atoms with Crippen molar-refractivity contribution in [3.63, 3.8) is 0 Å². The Bertz CT molecular complexity index is 1160. The standard InChI is InChI=1S/C23H27ClN4O3S2/c1-5-28-22(15-11-32-20-8-13(2)6-7-14(15)20)26-27-23(28)33-12-21(29)25-17-10-18(30-3)16(24)9-19(17)31-4/h9-11,13H,5-8,12H2,1-4H3,(H,25,29). The quantitative estimate of drug-likeness (QED) is 0.403. The van der Waals surface area contributed by atoms with Crippen LogP contribution in [0.2, 0.25) is 5.02 Å². The number of aromatic nitrogens is 3. The number of anilines is 1. The van der Waals surface area contributed by atoms with E-state index >= 15 is 0 Å². The Kier molecular flexibility index (Phi) is 7.51. The lowest BCUT2D eigenvalue weighted by Crippen LogP contribution is -2.15. The van der Waals surface area contributed by atoms with E-state index in [0.29, 0.717) is 22.2 Å². The number of carbonyl (C=O) groups is 1. The van der Waals surface area contributed by atoms with Crippen molar-refractivity contribution >= 4 is 46.3 Å². The molecule has 1 aliphatic rings. The smallest absolute Gasteiger partial charge is 0.234 e. The van der Waals surface area contributed by atoms with E-state index in [-0.39, 0.29) is 11.7 Å². The molecule has 1 aromatic carbocycles. The van der Waals surface area contributed by atoms with Gasteiger partial charge in [0, 0.05) is 34.5 Å². The van der Waals surface area contributed by atoms with E-state index in [2.05, 4.69) is 39.3 Å². The molecule has 0 saturated heterocycles. The summed E-state index contributed by atoms with van der Waals surface area (Å²) in [6.07, 6.45) is 3.43. The molecule has 0 aliphatic heterocycles. The van der Waals surface area contributed by atoms with E-state index in [4.69, 9.17) is 21.1 Å². The Morgan fingerprint density at radius 3 is 2.82 bits per heavy atom. The van der Waals surface area contributed by atoms with Gasteiger partial charge in [0.15, 0.2) is 11.0 Å². The van der Waals surface area contributed by atoms with E-state index in [0.717, 1.165) is 36.3 Å². The molecular weight excluding hydrogens is 480 g/mol. The second-order valence-electron chi connectivity index (χ2n) is 7.97. The largest absolute Gasteiger partial charge is 0.495 e. The van der Waals surface area contributed by atoms with Crippen LogP contribution in [0.1, 0.15) is 30.7 Å². The maximum Gasteiger partial charge on any atom is 0.234 e. The summed E-state index contributed by atoms with van der Waals surface area (Å²) in [5.41, 5.74) is 3.10. The van der Waals surface area contributed by atoms with Gasteiger partial charge >= 0.3 is 0 Å². The number of carbonyl (C=O) groups excluding carboxylic acids is 1. The third kappa shape index (κ3) is 5.00. The van der Waals surface area contributed by atoms with E-state index in [9.17, 15) is 4.79 Å². The van der Waals surface area contributed by atoms with Crippen molar-refractivity contribution in [3.8, 4) is 22.9 Å². The Morgan fingerprint density at radius 1 is 1.30 bits per heavy atom. The number of benzene rings is 1. The number of rotatable bonds is 8. The van der Waals surface area contributed by atoms with Crippen molar-refractivity contribution in [1.82, 2.24) is 14.8 Å². The molecular formula is C23H27ClN4O3S2. The van der Waals surface area contributed by atoms with Gasteiger partial charge in [0.2, 0.25) is 5.91 Å². The first kappa shape index (κ1) is 23.9. The molecule has 0 fully saturated rings. The second kappa shape index (κ2) is 10.4. The normalized spacial score (nSPS) is 15.2. The molecule has 2 aromatic heterocycles. The summed E-state index contributed by atoms with van der Waals surface area (Å²) in [6, 6.07) is 3.27. The van der Waals surface area contributed by atoms with Gasteiger partial charge < -0.3 is 19.4 Å². The number of hydrogen-bond acceptors (Lipinski definition) is 7. The third-order valence-electron chi connectivity index (χ3n) is 5.76. The van der Waals surface area contributed by atoms with Crippen LogP contribution in [-0.2, 0) is 24.2 Å². The number of nitrogens with zero attached hydrogens (tertiary/aromatic N) is 3. The lowest BCUT2D eigenvalue weighted by molar-refractivity contribution is -0.113. The second-order valence-corrected chi connectivity index (χ2v) is 10.3. The molecule has 33 heavy (non-hydrogen) atoms. The van der Waals surface area contributed by atoms with E-state index in [1.54, 1.807) is 12.1 Å². The number of amides is 1. The average Bonchev–Trinajstić information content (AvgIpc) is 3.41. The van der Waals surface area contributed by atoms with Crippen LogP contribution in [-0.4, -0.2) is 40.6 Å². The SMILES string of the molecule is CCn1c(SCC(=O)Nc2cc(OC)c(Cl)cc2OC)nnc1-c1csc2c1CCC(C)C2. The summed E-state index contributed by atoms with van der Waals surface area (Å²) >= 11 is 9.33. The van der Waals surface area contributed by atoms with Crippen LogP contribution in [0.5, 0.6) is 11.5 Å². The monoisotopic (exact) mass is 506 g/mol. The molecule has 0 bridgehead atoms. The minimum atomic E-state index is -0.184. The van der Waals surface area contributed by atoms with E-state index < -0.39 is 0 Å². The molecule has 1 N–H and O–H groups in total. The van der Waals surface area contributed by atoms with Crippen molar-refractivity contribution < 1.29 is 14.3 Å². The number of hydrogen-bond donors (Lipinski definition) is 1. The molecule has 3 aromatic rings. The molecule has 0 spiro atoms. The zero-order valence-electron chi connectivity index (χ0n) is 19.1. The number of thioether (sulfide) groups is 1. The Balaban J connectivity index is 1.48. The number of methoxy groups -OCH3 is 2. The summed E-state index contributed by atoms with van der Waals surface area (Å²) < 4.78 is 12.7. The average molecular weight is 507 g/mol. The first-order valence-electron chi connectivity index (χ1n) is 10.8. The van der Waals surface area contributed by atoms with Crippen LogP contribution >= 0.6 is 34.7 Å². The molecule has 176 valence electrons. The van der Waals surface area contributed by atoms with Crippen LogP contribution in [0.4, 0.5) is 5.69 Å². The van der Waals surface area contributed by atoms with Crippen LogP contribution in [0.3, 0.4) is 0 Å².